The molecule has 4 aromatic carbocycles. The van der Waals surface area contributed by atoms with Gasteiger partial charge in [0.05, 0.1) is 11.0 Å². The molecule has 1 saturated heterocycles. The van der Waals surface area contributed by atoms with Crippen LogP contribution in [0.2, 0.25) is 0 Å². The number of aromatic amines is 1. The molecule has 1 aliphatic rings. The molecule has 1 aliphatic heterocycles. The standard InChI is InChI=1S/C34H37N5O/c1-37(33(40)27-11-3-2-4-12-27)25-30(29-17-16-26-10-5-6-13-28(26)24-29)18-21-38-19-9-20-39(23-22-38)34-35-31-14-7-8-15-32(31)36-34/h2-8,10-17,24,30H,9,18-23,25H2,1H3,(H,35,36). The van der Waals surface area contributed by atoms with Crippen LogP contribution < -0.4 is 4.90 Å². The molecule has 0 bridgehead atoms. The second-order valence-corrected chi connectivity index (χ2v) is 10.9. The molecule has 2 heterocycles. The summed E-state index contributed by atoms with van der Waals surface area (Å²) in [7, 11) is 1.93. The zero-order valence-electron chi connectivity index (χ0n) is 23.2. The molecule has 1 aromatic heterocycles. The largest absolute Gasteiger partial charge is 0.341 e. The predicted molar refractivity (Wildman–Crippen MR) is 164 cm³/mol. The summed E-state index contributed by atoms with van der Waals surface area (Å²) in [6.07, 6.45) is 2.10. The SMILES string of the molecule is CN(CC(CCN1CCCN(c2nc3ccccc3[nH]2)CC1)c1ccc2ccccc2c1)C(=O)c1ccccc1. The molecular formula is C34H37N5O. The van der Waals surface area contributed by atoms with Crippen LogP contribution in [0.15, 0.2) is 97.1 Å². The molecule has 6 heteroatoms. The lowest BCUT2D eigenvalue weighted by atomic mass is 9.92. The smallest absolute Gasteiger partial charge is 0.253 e. The molecule has 0 radical (unpaired) electrons. The number of amides is 1. The number of anilines is 1. The van der Waals surface area contributed by atoms with Gasteiger partial charge in [0, 0.05) is 44.7 Å². The van der Waals surface area contributed by atoms with Gasteiger partial charge in [0.1, 0.15) is 0 Å². The molecule has 6 rings (SSSR count). The molecule has 0 saturated carbocycles. The second kappa shape index (κ2) is 11.9. The molecule has 1 unspecified atom stereocenters. The highest BCUT2D eigenvalue weighted by atomic mass is 16.2. The first-order valence-corrected chi connectivity index (χ1v) is 14.4. The van der Waals surface area contributed by atoms with E-state index in [-0.39, 0.29) is 11.8 Å². The van der Waals surface area contributed by atoms with E-state index < -0.39 is 0 Å². The minimum absolute atomic E-state index is 0.0719. The Bertz CT molecular complexity index is 1550. The van der Waals surface area contributed by atoms with Gasteiger partial charge in [-0.1, -0.05) is 72.8 Å². The van der Waals surface area contributed by atoms with Gasteiger partial charge in [0.2, 0.25) is 5.95 Å². The van der Waals surface area contributed by atoms with Crippen molar-refractivity contribution in [2.75, 3.05) is 51.2 Å². The fourth-order valence-corrected chi connectivity index (χ4v) is 5.87. The molecule has 0 spiro atoms. The summed E-state index contributed by atoms with van der Waals surface area (Å²) in [4.78, 5) is 28.4. The Morgan fingerprint density at radius 2 is 1.65 bits per heavy atom. The Kier molecular flexibility index (Phi) is 7.78. The summed E-state index contributed by atoms with van der Waals surface area (Å²) in [5, 5.41) is 2.50. The zero-order chi connectivity index (χ0) is 27.3. The Hall–Kier alpha value is -4.16. The summed E-state index contributed by atoms with van der Waals surface area (Å²) in [6, 6.07) is 33.1. The fourth-order valence-electron chi connectivity index (χ4n) is 5.87. The number of carbonyl (C=O) groups excluding carboxylic acids is 1. The summed E-state index contributed by atoms with van der Waals surface area (Å²) in [5.41, 5.74) is 4.14. The Morgan fingerprint density at radius 3 is 2.50 bits per heavy atom. The number of imidazole rings is 1. The van der Waals surface area contributed by atoms with E-state index in [1.54, 1.807) is 0 Å². The molecule has 1 amide bonds. The van der Waals surface area contributed by atoms with Crippen LogP contribution in [0.4, 0.5) is 5.95 Å². The average Bonchev–Trinajstić information content (AvgIpc) is 3.30. The number of likely N-dealkylation sites (N-methyl/N-ethyl adjacent to an activating group) is 1. The number of aromatic nitrogens is 2. The van der Waals surface area contributed by atoms with Gasteiger partial charge in [0.25, 0.3) is 5.91 Å². The van der Waals surface area contributed by atoms with E-state index in [4.69, 9.17) is 4.98 Å². The third kappa shape index (κ3) is 5.87. The van der Waals surface area contributed by atoms with Crippen LogP contribution in [0.5, 0.6) is 0 Å². The zero-order valence-corrected chi connectivity index (χ0v) is 23.2. The maximum absolute atomic E-state index is 13.2. The second-order valence-electron chi connectivity index (χ2n) is 10.9. The number of fused-ring (bicyclic) bond motifs is 2. The van der Waals surface area contributed by atoms with Crippen LogP contribution in [0.3, 0.4) is 0 Å². The van der Waals surface area contributed by atoms with Crippen molar-refractivity contribution in [2.45, 2.75) is 18.8 Å². The van der Waals surface area contributed by atoms with Crippen molar-refractivity contribution >= 4 is 33.7 Å². The third-order valence-electron chi connectivity index (χ3n) is 8.17. The Balaban J connectivity index is 1.15. The normalized spacial score (nSPS) is 15.3. The van der Waals surface area contributed by atoms with Crippen molar-refractivity contribution in [3.8, 4) is 0 Å². The summed E-state index contributed by atoms with van der Waals surface area (Å²) in [6.45, 7) is 5.70. The van der Waals surface area contributed by atoms with Crippen LogP contribution in [0, 0.1) is 0 Å². The van der Waals surface area contributed by atoms with Crippen molar-refractivity contribution in [2.24, 2.45) is 0 Å². The topological polar surface area (TPSA) is 55.5 Å². The van der Waals surface area contributed by atoms with Crippen LogP contribution in [0.1, 0.15) is 34.7 Å². The lowest BCUT2D eigenvalue weighted by molar-refractivity contribution is 0.0783. The van der Waals surface area contributed by atoms with E-state index in [1.807, 2.05) is 54.4 Å². The van der Waals surface area contributed by atoms with Crippen molar-refractivity contribution in [1.82, 2.24) is 19.8 Å². The third-order valence-corrected chi connectivity index (χ3v) is 8.17. The molecule has 5 aromatic rings. The lowest BCUT2D eigenvalue weighted by Crippen LogP contribution is -2.35. The van der Waals surface area contributed by atoms with Crippen molar-refractivity contribution in [3.05, 3.63) is 108 Å². The number of H-pyrrole nitrogens is 1. The number of rotatable bonds is 8. The first kappa shape index (κ1) is 26.1. The number of nitrogens with zero attached hydrogens (tertiary/aromatic N) is 4. The van der Waals surface area contributed by atoms with Crippen LogP contribution in [0.25, 0.3) is 21.8 Å². The van der Waals surface area contributed by atoms with E-state index in [1.165, 1.54) is 16.3 Å². The molecule has 1 fully saturated rings. The lowest BCUT2D eigenvalue weighted by Gasteiger charge is -2.28. The van der Waals surface area contributed by atoms with Gasteiger partial charge in [-0.25, -0.2) is 4.98 Å². The van der Waals surface area contributed by atoms with Crippen molar-refractivity contribution < 1.29 is 4.79 Å². The highest BCUT2D eigenvalue weighted by Crippen LogP contribution is 2.27. The van der Waals surface area contributed by atoms with Gasteiger partial charge in [-0.2, -0.15) is 0 Å². The van der Waals surface area contributed by atoms with E-state index >= 15 is 0 Å². The summed E-state index contributed by atoms with van der Waals surface area (Å²) >= 11 is 0. The molecule has 1 atom stereocenters. The van der Waals surface area contributed by atoms with Crippen molar-refractivity contribution in [1.29, 1.82) is 0 Å². The van der Waals surface area contributed by atoms with E-state index in [0.29, 0.717) is 6.54 Å². The minimum atomic E-state index is 0.0719. The number of para-hydroxylation sites is 2. The van der Waals surface area contributed by atoms with Crippen LogP contribution >= 0.6 is 0 Å². The van der Waals surface area contributed by atoms with Gasteiger partial charge in [-0.05, 0) is 66.5 Å². The Morgan fingerprint density at radius 1 is 0.875 bits per heavy atom. The molecule has 6 nitrogen and oxygen atoms in total. The Labute approximate surface area is 236 Å². The number of hydrogen-bond acceptors (Lipinski definition) is 4. The van der Waals surface area contributed by atoms with Gasteiger partial charge < -0.3 is 19.7 Å². The first-order chi connectivity index (χ1) is 19.6. The van der Waals surface area contributed by atoms with Gasteiger partial charge in [-0.3, -0.25) is 4.79 Å². The molecule has 40 heavy (non-hydrogen) atoms. The van der Waals surface area contributed by atoms with E-state index in [9.17, 15) is 4.79 Å². The molecule has 1 N–H and O–H groups in total. The predicted octanol–water partition coefficient (Wildman–Crippen LogP) is 6.17. The molecule has 0 aliphatic carbocycles. The maximum Gasteiger partial charge on any atom is 0.253 e. The van der Waals surface area contributed by atoms with Crippen LogP contribution in [-0.2, 0) is 0 Å². The van der Waals surface area contributed by atoms with Gasteiger partial charge in [0.15, 0.2) is 0 Å². The average molecular weight is 532 g/mol. The monoisotopic (exact) mass is 531 g/mol. The van der Waals surface area contributed by atoms with E-state index in [0.717, 1.165) is 68.1 Å². The van der Waals surface area contributed by atoms with Crippen LogP contribution in [-0.4, -0.2) is 72.0 Å². The molecule has 204 valence electrons. The minimum Gasteiger partial charge on any atom is -0.341 e. The number of nitrogens with one attached hydrogen (secondary N) is 1. The van der Waals surface area contributed by atoms with Gasteiger partial charge in [-0.15, -0.1) is 0 Å². The summed E-state index contributed by atoms with van der Waals surface area (Å²) in [5.74, 6) is 1.29. The van der Waals surface area contributed by atoms with Gasteiger partial charge >= 0.3 is 0 Å². The van der Waals surface area contributed by atoms with E-state index in [2.05, 4.69) is 69.4 Å². The number of hydrogen-bond donors (Lipinski definition) is 1. The number of carbonyl (C=O) groups is 1. The van der Waals surface area contributed by atoms with Crippen molar-refractivity contribution in [3.63, 3.8) is 0 Å². The summed E-state index contributed by atoms with van der Waals surface area (Å²) < 4.78 is 0. The highest BCUT2D eigenvalue weighted by molar-refractivity contribution is 5.94. The highest BCUT2D eigenvalue weighted by Gasteiger charge is 2.22. The quantitative estimate of drug-likeness (QED) is 0.260. The number of benzene rings is 4. The fraction of sp³-hybridized carbons (Fsp3) is 0.294. The first-order valence-electron chi connectivity index (χ1n) is 14.4. The molecular weight excluding hydrogens is 494 g/mol. The maximum atomic E-state index is 13.2.